The number of aliphatic hydroxyl groups excluding tert-OH is 3. The summed E-state index contributed by atoms with van der Waals surface area (Å²) in [5, 5.41) is 29.0. The summed E-state index contributed by atoms with van der Waals surface area (Å²) in [5.41, 5.74) is 4.22. The number of nitrogens with zero attached hydrogens (tertiary/aromatic N) is 4. The summed E-state index contributed by atoms with van der Waals surface area (Å²) in [6, 6.07) is 0. The molecule has 0 saturated carbocycles. The fraction of sp³-hybridized carbons (Fsp3) is 0.500. The number of nitrogens with two attached hydrogens (primary N) is 1. The highest BCUT2D eigenvalue weighted by Gasteiger charge is 2.44. The third-order valence-corrected chi connectivity index (χ3v) is 4.14. The Bertz CT molecular complexity index is 911. The molecular weight excluding hydrogens is 381 g/mol. The van der Waals surface area contributed by atoms with Crippen LogP contribution in [0.25, 0.3) is 11.2 Å². The molecule has 0 unspecified atom stereocenters. The monoisotopic (exact) mass is 395 g/mol. The first-order chi connectivity index (χ1) is 11.6. The zero-order valence-electron chi connectivity index (χ0n) is 12.3. The van der Waals surface area contributed by atoms with Gasteiger partial charge >= 0.3 is 12.3 Å². The Labute approximate surface area is 143 Å². The van der Waals surface area contributed by atoms with Crippen LogP contribution in [-0.4, -0.2) is 69.3 Å². The molecule has 1 aliphatic rings. The van der Waals surface area contributed by atoms with Crippen LogP contribution in [0.4, 0.5) is 5.95 Å². The number of aromatic nitrogens is 4. The first kappa shape index (κ1) is 18.2. The Morgan fingerprint density at radius 3 is 2.64 bits per heavy atom. The predicted molar refractivity (Wildman–Crippen MR) is 84.5 cm³/mol. The lowest BCUT2D eigenvalue weighted by molar-refractivity contribution is -0.0511. The summed E-state index contributed by atoms with van der Waals surface area (Å²) in [6.45, 7) is -4.78. The van der Waals surface area contributed by atoms with E-state index in [0.29, 0.717) is 4.73 Å². The number of hydrogen-bond acceptors (Lipinski definition) is 10. The molecule has 0 aromatic carbocycles. The van der Waals surface area contributed by atoms with E-state index in [9.17, 15) is 24.8 Å². The SMILES string of the molecule is Nc1nc2c(ncn2[C@@H]2O[C@H](CO)[C@@H](O)[C@H]2O)c(=O)n1OP(O)(O)=S. The third kappa shape index (κ3) is 3.14. The number of imidazole rings is 1. The average Bonchev–Trinajstić information content (AvgIpc) is 3.05. The van der Waals surface area contributed by atoms with Crippen LogP contribution in [0.15, 0.2) is 11.1 Å². The van der Waals surface area contributed by atoms with E-state index in [1.165, 1.54) is 0 Å². The summed E-state index contributed by atoms with van der Waals surface area (Å²) in [6.07, 6.45) is -3.88. The average molecular weight is 395 g/mol. The molecule has 0 radical (unpaired) electrons. The Kier molecular flexibility index (Phi) is 4.55. The van der Waals surface area contributed by atoms with Crippen LogP contribution in [0, 0.1) is 0 Å². The molecular formula is C10H14N5O8PS. The van der Waals surface area contributed by atoms with E-state index in [-0.39, 0.29) is 11.2 Å². The van der Waals surface area contributed by atoms with Gasteiger partial charge in [-0.15, -0.1) is 0 Å². The van der Waals surface area contributed by atoms with Crippen molar-refractivity contribution in [3.63, 3.8) is 0 Å². The van der Waals surface area contributed by atoms with Crippen LogP contribution < -0.4 is 15.9 Å². The van der Waals surface area contributed by atoms with Crippen LogP contribution >= 0.6 is 6.72 Å². The van der Waals surface area contributed by atoms with Crippen molar-refractivity contribution in [3.8, 4) is 0 Å². The maximum atomic E-state index is 12.3. The first-order valence-corrected chi connectivity index (χ1v) is 9.39. The molecule has 2 aromatic heterocycles. The molecule has 1 fully saturated rings. The van der Waals surface area contributed by atoms with Crippen molar-refractivity contribution in [2.45, 2.75) is 24.5 Å². The molecule has 0 spiro atoms. The summed E-state index contributed by atoms with van der Waals surface area (Å²) in [7, 11) is 0. The van der Waals surface area contributed by atoms with E-state index in [1.807, 2.05) is 0 Å². The van der Waals surface area contributed by atoms with Crippen LogP contribution in [0.2, 0.25) is 0 Å². The molecule has 0 aliphatic carbocycles. The largest absolute Gasteiger partial charge is 0.395 e. The minimum Gasteiger partial charge on any atom is -0.394 e. The molecule has 0 bridgehead atoms. The van der Waals surface area contributed by atoms with Crippen LogP contribution in [0.5, 0.6) is 0 Å². The fourth-order valence-electron chi connectivity index (χ4n) is 2.45. The second-order valence-corrected chi connectivity index (χ2v) is 7.77. The van der Waals surface area contributed by atoms with Gasteiger partial charge in [0, 0.05) is 11.8 Å². The molecule has 1 saturated heterocycles. The third-order valence-electron chi connectivity index (χ3n) is 3.56. The molecule has 1 aliphatic heterocycles. The van der Waals surface area contributed by atoms with Crippen molar-refractivity contribution in [3.05, 3.63) is 16.7 Å². The topological polar surface area (TPSA) is 198 Å². The highest BCUT2D eigenvalue weighted by Crippen LogP contribution is 2.33. The van der Waals surface area contributed by atoms with Crippen LogP contribution in [0.3, 0.4) is 0 Å². The second-order valence-electron chi connectivity index (χ2n) is 5.19. The summed E-state index contributed by atoms with van der Waals surface area (Å²) in [4.78, 5) is 38.4. The van der Waals surface area contributed by atoms with Gasteiger partial charge in [0.25, 0.3) is 0 Å². The van der Waals surface area contributed by atoms with E-state index in [2.05, 4.69) is 26.4 Å². The zero-order chi connectivity index (χ0) is 18.5. The van der Waals surface area contributed by atoms with E-state index in [0.717, 1.165) is 10.9 Å². The lowest BCUT2D eigenvalue weighted by atomic mass is 10.1. The lowest BCUT2D eigenvalue weighted by Crippen LogP contribution is -2.33. The minimum absolute atomic E-state index is 0.110. The van der Waals surface area contributed by atoms with Gasteiger partial charge in [0.1, 0.15) is 18.3 Å². The van der Waals surface area contributed by atoms with Gasteiger partial charge in [-0.3, -0.25) is 9.36 Å². The van der Waals surface area contributed by atoms with Crippen molar-refractivity contribution in [2.75, 3.05) is 12.3 Å². The summed E-state index contributed by atoms with van der Waals surface area (Å²) >= 11 is 4.28. The standard InChI is InChI=1S/C10H14N5O8PS/c11-10-13-7-4(8(19)15(10)23-24(20,21)25)12-2-14(7)9-6(18)5(17)3(1-16)22-9/h2-3,5-6,9,16-18H,1H2,(H2,11,13)(H2,20,21,25)/t3-,5-,6-,9-/m1/s1. The summed E-state index contributed by atoms with van der Waals surface area (Å²) < 4.78 is 11.3. The highest BCUT2D eigenvalue weighted by molar-refractivity contribution is 8.06. The van der Waals surface area contributed by atoms with Gasteiger partial charge in [0.05, 0.1) is 12.9 Å². The summed E-state index contributed by atoms with van der Waals surface area (Å²) in [5.74, 6) is -0.552. The van der Waals surface area contributed by atoms with Gasteiger partial charge < -0.3 is 40.2 Å². The molecule has 3 heterocycles. The van der Waals surface area contributed by atoms with Gasteiger partial charge in [0.2, 0.25) is 5.95 Å². The molecule has 25 heavy (non-hydrogen) atoms. The molecule has 13 nitrogen and oxygen atoms in total. The molecule has 4 atom stereocenters. The Hall–Kier alpha value is -1.64. The number of fused-ring (bicyclic) bond motifs is 1. The van der Waals surface area contributed by atoms with E-state index < -0.39 is 49.4 Å². The molecule has 15 heteroatoms. The van der Waals surface area contributed by atoms with Crippen LogP contribution in [-0.2, 0) is 16.5 Å². The number of nitrogen functional groups attached to an aromatic ring is 1. The van der Waals surface area contributed by atoms with Gasteiger partial charge in [-0.2, -0.15) is 4.98 Å². The number of hydrogen-bond donors (Lipinski definition) is 6. The van der Waals surface area contributed by atoms with Crippen molar-refractivity contribution in [1.82, 2.24) is 19.3 Å². The Balaban J connectivity index is 2.09. The van der Waals surface area contributed by atoms with E-state index in [1.54, 1.807) is 0 Å². The Morgan fingerprint density at radius 1 is 1.40 bits per heavy atom. The number of ether oxygens (including phenoxy) is 1. The number of anilines is 1. The molecule has 2 aromatic rings. The second kappa shape index (κ2) is 6.26. The molecule has 3 rings (SSSR count). The maximum absolute atomic E-state index is 12.3. The minimum atomic E-state index is -4.25. The quantitative estimate of drug-likeness (QED) is 0.279. The lowest BCUT2D eigenvalue weighted by Gasteiger charge is -2.17. The number of rotatable bonds is 4. The molecule has 0 amide bonds. The van der Waals surface area contributed by atoms with E-state index >= 15 is 0 Å². The van der Waals surface area contributed by atoms with Crippen LogP contribution in [0.1, 0.15) is 6.23 Å². The Morgan fingerprint density at radius 2 is 2.08 bits per heavy atom. The smallest absolute Gasteiger partial charge is 0.394 e. The fourth-order valence-corrected chi connectivity index (χ4v) is 3.02. The zero-order valence-corrected chi connectivity index (χ0v) is 14.0. The van der Waals surface area contributed by atoms with Crippen molar-refractivity contribution in [1.29, 1.82) is 0 Å². The first-order valence-electron chi connectivity index (χ1n) is 6.77. The van der Waals surface area contributed by atoms with Crippen molar-refractivity contribution in [2.24, 2.45) is 0 Å². The highest BCUT2D eigenvalue weighted by atomic mass is 32.5. The van der Waals surface area contributed by atoms with Crippen molar-refractivity contribution < 1.29 is 34.5 Å². The van der Waals surface area contributed by atoms with Gasteiger partial charge in [-0.1, -0.05) is 4.73 Å². The molecule has 7 N–H and O–H groups in total. The normalized spacial score (nSPS) is 27.1. The van der Waals surface area contributed by atoms with Gasteiger partial charge in [-0.25, -0.2) is 4.98 Å². The van der Waals surface area contributed by atoms with Gasteiger partial charge in [-0.05, 0) is 0 Å². The maximum Gasteiger partial charge on any atom is 0.395 e. The molecule has 138 valence electrons. The number of aliphatic hydroxyl groups is 3. The van der Waals surface area contributed by atoms with E-state index in [4.69, 9.17) is 15.6 Å². The van der Waals surface area contributed by atoms with Crippen molar-refractivity contribution >= 4 is 35.6 Å². The van der Waals surface area contributed by atoms with Gasteiger partial charge in [0.15, 0.2) is 17.4 Å². The predicted octanol–water partition coefficient (Wildman–Crippen LogP) is -3.58.